The minimum atomic E-state index is -5.03. The molecule has 4 heterocycles. The highest BCUT2D eigenvalue weighted by Crippen LogP contribution is 2.45. The van der Waals surface area contributed by atoms with E-state index in [1.807, 2.05) is 24.3 Å². The van der Waals surface area contributed by atoms with Gasteiger partial charge >= 0.3 is 12.2 Å². The Morgan fingerprint density at radius 3 is 2.45 bits per heavy atom. The lowest BCUT2D eigenvalue weighted by molar-refractivity contribution is -0.172. The number of ketones is 1. The molecule has 2 aromatic carbocycles. The molecule has 0 spiro atoms. The fraction of sp³-hybridized carbons (Fsp3) is 0.455. The van der Waals surface area contributed by atoms with E-state index in [1.54, 1.807) is 31.3 Å². The molecule has 0 bridgehead atoms. The van der Waals surface area contributed by atoms with Crippen molar-refractivity contribution in [2.24, 2.45) is 0 Å². The number of likely N-dealkylation sites (N-methyl/N-ethyl adjacent to an activating group) is 1. The molecular formula is C33H37F3N8O3. The van der Waals surface area contributed by atoms with E-state index in [0.717, 1.165) is 37.6 Å². The quantitative estimate of drug-likeness (QED) is 0.352. The van der Waals surface area contributed by atoms with E-state index in [0.29, 0.717) is 47.0 Å². The molecule has 248 valence electrons. The number of fused-ring (bicyclic) bond motifs is 2. The summed E-state index contributed by atoms with van der Waals surface area (Å²) in [6.07, 6.45) is -3.53. The van der Waals surface area contributed by atoms with Crippen LogP contribution >= 0.6 is 0 Å². The number of halogens is 3. The molecule has 11 nitrogen and oxygen atoms in total. The second kappa shape index (κ2) is 12.0. The largest absolute Gasteiger partial charge is 0.452 e. The first-order valence-corrected chi connectivity index (χ1v) is 15.9. The van der Waals surface area contributed by atoms with E-state index in [-0.39, 0.29) is 19.0 Å². The van der Waals surface area contributed by atoms with Gasteiger partial charge in [-0.1, -0.05) is 18.2 Å². The lowest BCUT2D eigenvalue weighted by Gasteiger charge is -2.48. The minimum Gasteiger partial charge on any atom is -0.393 e. The number of aromatic nitrogens is 2. The third-order valence-electron chi connectivity index (χ3n) is 9.72. The predicted molar refractivity (Wildman–Crippen MR) is 171 cm³/mol. The molecule has 3 aromatic rings. The maximum absolute atomic E-state index is 14.3. The van der Waals surface area contributed by atoms with E-state index < -0.39 is 36.2 Å². The molecule has 1 aromatic heterocycles. The molecule has 4 aliphatic rings. The predicted octanol–water partition coefficient (Wildman–Crippen LogP) is 4.60. The first kappa shape index (κ1) is 31.2. The van der Waals surface area contributed by atoms with Crippen molar-refractivity contribution in [3.05, 3.63) is 65.4 Å². The summed E-state index contributed by atoms with van der Waals surface area (Å²) in [5, 5.41) is 16.2. The third-order valence-corrected chi connectivity index (χ3v) is 9.72. The van der Waals surface area contributed by atoms with Crippen LogP contribution < -0.4 is 20.4 Å². The Balaban J connectivity index is 1.18. The van der Waals surface area contributed by atoms with E-state index in [2.05, 4.69) is 32.5 Å². The van der Waals surface area contributed by atoms with E-state index >= 15 is 0 Å². The van der Waals surface area contributed by atoms with E-state index in [9.17, 15) is 27.9 Å². The number of aliphatic hydroxyl groups excluding tert-OH is 1. The fourth-order valence-electron chi connectivity index (χ4n) is 6.96. The summed E-state index contributed by atoms with van der Waals surface area (Å²) in [6.45, 7) is 5.71. The average molecular weight is 651 g/mol. The van der Waals surface area contributed by atoms with Crippen LogP contribution in [0.25, 0.3) is 0 Å². The zero-order valence-corrected chi connectivity index (χ0v) is 26.2. The van der Waals surface area contributed by atoms with Crippen molar-refractivity contribution >= 4 is 40.6 Å². The number of para-hydroxylation sites is 1. The highest BCUT2D eigenvalue weighted by Gasteiger charge is 2.49. The molecule has 1 aliphatic carbocycles. The number of benzene rings is 2. The molecule has 0 radical (unpaired) electrons. The number of carbonyl (C=O) groups excluding carboxylic acids is 2. The van der Waals surface area contributed by atoms with Gasteiger partial charge in [-0.05, 0) is 68.6 Å². The van der Waals surface area contributed by atoms with Crippen LogP contribution in [-0.4, -0.2) is 94.3 Å². The highest BCUT2D eigenvalue weighted by molar-refractivity contribution is 5.96. The summed E-state index contributed by atoms with van der Waals surface area (Å²) in [5.41, 5.74) is 4.26. The van der Waals surface area contributed by atoms with Gasteiger partial charge in [-0.15, -0.1) is 0 Å². The average Bonchev–Trinajstić information content (AvgIpc) is 3.03. The molecule has 2 atom stereocenters. The number of anilines is 5. The topological polar surface area (TPSA) is 117 Å². The summed E-state index contributed by atoms with van der Waals surface area (Å²) < 4.78 is 40.8. The first-order valence-electron chi connectivity index (χ1n) is 15.9. The number of piperazine rings is 1. The third kappa shape index (κ3) is 5.95. The number of nitrogens with zero attached hydrogens (tertiary/aromatic N) is 6. The van der Waals surface area contributed by atoms with Gasteiger partial charge in [-0.3, -0.25) is 9.69 Å². The number of alkyl halides is 3. The van der Waals surface area contributed by atoms with E-state index in [1.165, 1.54) is 9.80 Å². The normalized spacial score (nSPS) is 24.6. The molecule has 7 rings (SSSR count). The number of urea groups is 1. The van der Waals surface area contributed by atoms with Crippen molar-refractivity contribution in [2.45, 2.75) is 63.1 Å². The maximum atomic E-state index is 14.3. The van der Waals surface area contributed by atoms with Crippen LogP contribution in [0, 0.1) is 6.92 Å². The van der Waals surface area contributed by atoms with Crippen molar-refractivity contribution < 1.29 is 27.9 Å². The van der Waals surface area contributed by atoms with Gasteiger partial charge in [-0.25, -0.2) is 9.78 Å². The van der Waals surface area contributed by atoms with Crippen LogP contribution in [-0.2, 0) is 11.3 Å². The Hall–Kier alpha value is -4.43. The van der Waals surface area contributed by atoms with Gasteiger partial charge in [0, 0.05) is 61.0 Å². The maximum Gasteiger partial charge on any atom is 0.452 e. The van der Waals surface area contributed by atoms with Gasteiger partial charge in [0.2, 0.25) is 5.95 Å². The lowest BCUT2D eigenvalue weighted by atomic mass is 9.86. The first-order chi connectivity index (χ1) is 22.5. The molecular weight excluding hydrogens is 613 g/mol. The second-order valence-electron chi connectivity index (χ2n) is 12.9. The smallest absolute Gasteiger partial charge is 0.393 e. The monoisotopic (exact) mass is 650 g/mol. The zero-order valence-electron chi connectivity index (χ0n) is 26.2. The molecule has 2 fully saturated rings. The number of amides is 2. The Morgan fingerprint density at radius 1 is 1.04 bits per heavy atom. The Bertz CT molecular complexity index is 1670. The van der Waals surface area contributed by atoms with Crippen LogP contribution in [0.15, 0.2) is 48.7 Å². The SMILES string of the molecule is Cc1cccc2c1NC(C(=O)C(F)(F)F)C[C@@H]2N1Cc2cnc(Nc3ccc(N4CCN(C)CC4)cc3)nc2N(C2CC(O)C2)C1=O. The number of Topliss-reactive ketones (excluding diaryl/α,β-unsaturated/α-hetero) is 1. The second-order valence-corrected chi connectivity index (χ2v) is 12.9. The molecule has 1 unspecified atom stereocenters. The number of nitrogens with one attached hydrogen (secondary N) is 2. The number of hydrogen-bond donors (Lipinski definition) is 3. The Labute approximate surface area is 270 Å². The number of rotatable bonds is 6. The van der Waals surface area contributed by atoms with Crippen LogP contribution in [0.1, 0.15) is 42.0 Å². The van der Waals surface area contributed by atoms with Gasteiger partial charge in [0.05, 0.1) is 24.7 Å². The minimum absolute atomic E-state index is 0.0465. The van der Waals surface area contributed by atoms with Crippen LogP contribution in [0.3, 0.4) is 0 Å². The summed E-state index contributed by atoms with van der Waals surface area (Å²) >= 11 is 0. The summed E-state index contributed by atoms with van der Waals surface area (Å²) in [4.78, 5) is 43.7. The standard InChI is InChI=1S/C33H37F3N8O3/c1-19-4-3-5-25-27(16-26(39-28(19)25)29(46)33(34,35)36)43-18-20-17-37-31(40-30(20)44(32(43)47)23-14-24(45)15-23)38-21-6-8-22(9-7-21)42-12-10-41(2)11-13-42/h3-9,17,23-24,26-27,39,45H,10-16,18H2,1-2H3,(H,37,38,40)/t23?,24?,26?,27-/m0/s1. The number of aryl methyl sites for hydroxylation is 1. The van der Waals surface area contributed by atoms with Crippen molar-refractivity contribution in [3.63, 3.8) is 0 Å². The summed E-state index contributed by atoms with van der Waals surface area (Å²) in [7, 11) is 2.12. The molecule has 3 aliphatic heterocycles. The zero-order chi connectivity index (χ0) is 33.0. The van der Waals surface area contributed by atoms with Gasteiger partial charge in [0.1, 0.15) is 5.82 Å². The summed E-state index contributed by atoms with van der Waals surface area (Å²) in [6, 6.07) is 10.2. The molecule has 47 heavy (non-hydrogen) atoms. The fourth-order valence-corrected chi connectivity index (χ4v) is 6.96. The van der Waals surface area contributed by atoms with Crippen LogP contribution in [0.5, 0.6) is 0 Å². The van der Waals surface area contributed by atoms with Gasteiger partial charge in [0.25, 0.3) is 5.78 Å². The molecule has 2 amide bonds. The van der Waals surface area contributed by atoms with Crippen LogP contribution in [0.2, 0.25) is 0 Å². The molecule has 1 saturated carbocycles. The highest BCUT2D eigenvalue weighted by atomic mass is 19.4. The van der Waals surface area contributed by atoms with Crippen molar-refractivity contribution in [3.8, 4) is 0 Å². The number of carbonyl (C=O) groups is 2. The number of hydrogen-bond acceptors (Lipinski definition) is 9. The Morgan fingerprint density at radius 2 is 1.77 bits per heavy atom. The van der Waals surface area contributed by atoms with Crippen molar-refractivity contribution in [1.29, 1.82) is 0 Å². The van der Waals surface area contributed by atoms with Crippen LogP contribution in [0.4, 0.5) is 46.8 Å². The van der Waals surface area contributed by atoms with Crippen molar-refractivity contribution in [2.75, 3.05) is 53.7 Å². The molecule has 14 heteroatoms. The Kier molecular flexibility index (Phi) is 7.95. The number of aliphatic hydroxyl groups is 1. The van der Waals surface area contributed by atoms with Gasteiger partial charge in [0.15, 0.2) is 0 Å². The summed E-state index contributed by atoms with van der Waals surface area (Å²) in [5.74, 6) is -1.19. The van der Waals surface area contributed by atoms with Crippen molar-refractivity contribution in [1.82, 2.24) is 19.8 Å². The lowest BCUT2D eigenvalue weighted by Crippen LogP contribution is -2.58. The van der Waals surface area contributed by atoms with Gasteiger partial charge < -0.3 is 30.4 Å². The molecule has 3 N–H and O–H groups in total. The van der Waals surface area contributed by atoms with E-state index in [4.69, 9.17) is 4.98 Å². The molecule has 1 saturated heterocycles. The van der Waals surface area contributed by atoms with Gasteiger partial charge in [-0.2, -0.15) is 18.2 Å².